The number of hydrogen-bond donors (Lipinski definition) is 2. The molecule has 8 nitrogen and oxygen atoms in total. The number of nitrogens with one attached hydrogen (secondary N) is 2. The maximum Gasteiger partial charge on any atom is 0.329 e. The van der Waals surface area contributed by atoms with E-state index in [9.17, 15) is 9.59 Å². The first kappa shape index (κ1) is 14.9. The minimum atomic E-state index is -0.409. The van der Waals surface area contributed by atoms with Crippen LogP contribution in [0.15, 0.2) is 21.7 Å². The average Bonchev–Trinajstić information content (AvgIpc) is 2.98. The van der Waals surface area contributed by atoms with Crippen molar-refractivity contribution in [1.29, 1.82) is 0 Å². The van der Waals surface area contributed by atoms with Gasteiger partial charge in [0, 0.05) is 38.7 Å². The molecule has 2 aromatic heterocycles. The van der Waals surface area contributed by atoms with Gasteiger partial charge in [0.2, 0.25) is 0 Å². The molecule has 0 amide bonds. The lowest BCUT2D eigenvalue weighted by Crippen LogP contribution is -2.50. The molecule has 0 aromatic carbocycles. The van der Waals surface area contributed by atoms with Crippen molar-refractivity contribution in [2.24, 2.45) is 13.0 Å². The highest BCUT2D eigenvalue weighted by Crippen LogP contribution is 2.27. The lowest BCUT2D eigenvalue weighted by atomic mass is 10.00. The second-order valence-corrected chi connectivity index (χ2v) is 6.57. The van der Waals surface area contributed by atoms with E-state index in [0.29, 0.717) is 18.3 Å². The predicted molar refractivity (Wildman–Crippen MR) is 90.6 cm³/mol. The Balaban J connectivity index is 1.33. The van der Waals surface area contributed by atoms with E-state index in [1.807, 2.05) is 0 Å². The molecule has 24 heavy (non-hydrogen) atoms. The molecular weight excluding hydrogens is 308 g/mol. The number of aromatic amines is 1. The fourth-order valence-electron chi connectivity index (χ4n) is 3.26. The molecule has 8 heteroatoms. The van der Waals surface area contributed by atoms with Crippen LogP contribution in [0.4, 0.5) is 11.6 Å². The highest BCUT2D eigenvalue weighted by molar-refractivity contribution is 5.45. The smallest absolute Gasteiger partial charge is 0.329 e. The molecule has 1 aliphatic carbocycles. The summed E-state index contributed by atoms with van der Waals surface area (Å²) in [6.07, 6.45) is 3.33. The van der Waals surface area contributed by atoms with Crippen LogP contribution < -0.4 is 21.5 Å². The number of H-pyrrole nitrogens is 1. The van der Waals surface area contributed by atoms with E-state index in [2.05, 4.69) is 31.5 Å². The SMILES string of the molecule is Cn1c(=O)cc(NCC2CN(c3cc4c(nn3)CCC4)C2)[nH]c1=O. The maximum atomic E-state index is 11.6. The van der Waals surface area contributed by atoms with E-state index in [1.165, 1.54) is 25.1 Å². The van der Waals surface area contributed by atoms with Crippen molar-refractivity contribution in [3.05, 3.63) is 44.2 Å². The summed E-state index contributed by atoms with van der Waals surface area (Å²) in [4.78, 5) is 28.0. The van der Waals surface area contributed by atoms with Gasteiger partial charge in [-0.05, 0) is 30.9 Å². The molecule has 1 aliphatic heterocycles. The second kappa shape index (κ2) is 5.77. The molecule has 1 fully saturated rings. The number of anilines is 2. The Labute approximate surface area is 138 Å². The molecule has 126 valence electrons. The number of fused-ring (bicyclic) bond motifs is 1. The molecule has 2 aliphatic rings. The number of aromatic nitrogens is 4. The van der Waals surface area contributed by atoms with Crippen LogP contribution in [-0.2, 0) is 19.9 Å². The van der Waals surface area contributed by atoms with E-state index < -0.39 is 5.69 Å². The number of hydrogen-bond acceptors (Lipinski definition) is 6. The fraction of sp³-hybridized carbons (Fsp3) is 0.500. The summed E-state index contributed by atoms with van der Waals surface area (Å²) in [5, 5.41) is 11.8. The third kappa shape index (κ3) is 2.68. The van der Waals surface area contributed by atoms with E-state index in [1.54, 1.807) is 0 Å². The largest absolute Gasteiger partial charge is 0.371 e. The minimum Gasteiger partial charge on any atom is -0.371 e. The Bertz CT molecular complexity index is 850. The quantitative estimate of drug-likeness (QED) is 0.814. The molecule has 1 saturated heterocycles. The van der Waals surface area contributed by atoms with Crippen molar-refractivity contribution in [3.8, 4) is 0 Å². The summed E-state index contributed by atoms with van der Waals surface area (Å²) in [5.41, 5.74) is 1.75. The molecule has 4 rings (SSSR count). The highest BCUT2D eigenvalue weighted by Gasteiger charge is 2.28. The van der Waals surface area contributed by atoms with Gasteiger partial charge in [-0.1, -0.05) is 0 Å². The fourth-order valence-corrected chi connectivity index (χ4v) is 3.26. The van der Waals surface area contributed by atoms with E-state index in [-0.39, 0.29) is 5.56 Å². The van der Waals surface area contributed by atoms with Gasteiger partial charge in [-0.2, -0.15) is 5.10 Å². The molecule has 2 aromatic rings. The zero-order valence-electron chi connectivity index (χ0n) is 13.6. The lowest BCUT2D eigenvalue weighted by Gasteiger charge is -2.40. The summed E-state index contributed by atoms with van der Waals surface area (Å²) in [6.45, 7) is 2.50. The van der Waals surface area contributed by atoms with Gasteiger partial charge in [0.15, 0.2) is 5.82 Å². The van der Waals surface area contributed by atoms with Gasteiger partial charge in [0.25, 0.3) is 5.56 Å². The normalized spacial score (nSPS) is 16.8. The van der Waals surface area contributed by atoms with Gasteiger partial charge >= 0.3 is 5.69 Å². The Morgan fingerprint density at radius 3 is 2.88 bits per heavy atom. The first-order valence-electron chi connectivity index (χ1n) is 8.25. The van der Waals surface area contributed by atoms with Crippen LogP contribution in [0.5, 0.6) is 0 Å². The first-order chi connectivity index (χ1) is 11.6. The van der Waals surface area contributed by atoms with Crippen molar-refractivity contribution < 1.29 is 0 Å². The molecule has 2 N–H and O–H groups in total. The molecule has 0 radical (unpaired) electrons. The van der Waals surface area contributed by atoms with Crippen LogP contribution in [0, 0.1) is 5.92 Å². The Kier molecular flexibility index (Phi) is 3.59. The monoisotopic (exact) mass is 328 g/mol. The number of nitrogens with zero attached hydrogens (tertiary/aromatic N) is 4. The Hall–Kier alpha value is -2.64. The average molecular weight is 328 g/mol. The van der Waals surface area contributed by atoms with Crippen molar-refractivity contribution in [3.63, 3.8) is 0 Å². The topological polar surface area (TPSA) is 95.9 Å². The molecule has 0 atom stereocenters. The number of rotatable bonds is 4. The molecule has 0 saturated carbocycles. The van der Waals surface area contributed by atoms with Crippen LogP contribution in [0.3, 0.4) is 0 Å². The summed E-state index contributed by atoms with van der Waals surface area (Å²) in [7, 11) is 1.45. The lowest BCUT2D eigenvalue weighted by molar-refractivity contribution is 0.425. The molecule has 0 spiro atoms. The molecule has 0 unspecified atom stereocenters. The van der Waals surface area contributed by atoms with E-state index in [0.717, 1.165) is 42.0 Å². The van der Waals surface area contributed by atoms with Crippen LogP contribution in [0.1, 0.15) is 17.7 Å². The third-order valence-corrected chi connectivity index (χ3v) is 4.81. The standard InChI is InChI=1S/C16H20N6O2/c1-21-15(23)6-13(18-16(21)24)17-7-10-8-22(9-10)14-5-11-3-2-4-12(11)19-20-14/h5-6,10,17H,2-4,7-9H2,1H3,(H,18,24). The van der Waals surface area contributed by atoms with Crippen molar-refractivity contribution in [2.45, 2.75) is 19.3 Å². The van der Waals surface area contributed by atoms with Crippen molar-refractivity contribution in [2.75, 3.05) is 29.9 Å². The third-order valence-electron chi connectivity index (χ3n) is 4.81. The molecule has 0 bridgehead atoms. The summed E-state index contributed by atoms with van der Waals surface area (Å²) in [5.74, 6) is 1.88. The zero-order chi connectivity index (χ0) is 16.7. The number of aryl methyl sites for hydroxylation is 2. The van der Waals surface area contributed by atoms with Crippen LogP contribution in [0.2, 0.25) is 0 Å². The zero-order valence-corrected chi connectivity index (χ0v) is 13.6. The maximum absolute atomic E-state index is 11.6. The predicted octanol–water partition coefficient (Wildman–Crippen LogP) is -0.0994. The van der Waals surface area contributed by atoms with E-state index in [4.69, 9.17) is 0 Å². The van der Waals surface area contributed by atoms with Crippen LogP contribution >= 0.6 is 0 Å². The Morgan fingerprint density at radius 1 is 1.25 bits per heavy atom. The van der Waals surface area contributed by atoms with Gasteiger partial charge in [-0.15, -0.1) is 5.10 Å². The van der Waals surface area contributed by atoms with Gasteiger partial charge < -0.3 is 10.2 Å². The first-order valence-corrected chi connectivity index (χ1v) is 8.25. The van der Waals surface area contributed by atoms with Gasteiger partial charge in [0.05, 0.1) is 5.69 Å². The van der Waals surface area contributed by atoms with Crippen molar-refractivity contribution >= 4 is 11.6 Å². The summed E-state index contributed by atoms with van der Waals surface area (Å²) >= 11 is 0. The van der Waals surface area contributed by atoms with E-state index >= 15 is 0 Å². The molecular formula is C16H20N6O2. The van der Waals surface area contributed by atoms with Crippen molar-refractivity contribution in [1.82, 2.24) is 19.7 Å². The Morgan fingerprint density at radius 2 is 2.08 bits per heavy atom. The van der Waals surface area contributed by atoms with Gasteiger partial charge in [-0.3, -0.25) is 14.3 Å². The molecule has 3 heterocycles. The highest BCUT2D eigenvalue weighted by atomic mass is 16.2. The van der Waals surface area contributed by atoms with Crippen LogP contribution in [0.25, 0.3) is 0 Å². The summed E-state index contributed by atoms with van der Waals surface area (Å²) < 4.78 is 1.04. The summed E-state index contributed by atoms with van der Waals surface area (Å²) in [6, 6.07) is 3.57. The second-order valence-electron chi connectivity index (χ2n) is 6.57. The van der Waals surface area contributed by atoms with Gasteiger partial charge in [0.1, 0.15) is 5.82 Å². The van der Waals surface area contributed by atoms with Gasteiger partial charge in [-0.25, -0.2) is 4.79 Å². The minimum absolute atomic E-state index is 0.315. The van der Waals surface area contributed by atoms with Crippen LogP contribution in [-0.4, -0.2) is 39.4 Å².